The second kappa shape index (κ2) is 43.1. The fourth-order valence-corrected chi connectivity index (χ4v) is 14.5. The molecule has 7 rings (SSSR count). The summed E-state index contributed by atoms with van der Waals surface area (Å²) in [4.78, 5) is 11.7. The van der Waals surface area contributed by atoms with Crippen LogP contribution in [-0.4, -0.2) is 59.9 Å². The molecule has 0 radical (unpaired) electrons. The second-order valence-electron chi connectivity index (χ2n) is 31.1. The van der Waals surface area contributed by atoms with Crippen molar-refractivity contribution in [2.45, 2.75) is 217 Å². The standard InChI is InChI=1S/C32H51O3P.C27H26O6P2.C26H45O5P/c1-16-33-36(34-27-21(2)17-23(29(4,5)6)19-25(27)31(10,11)12)35-28-22(3)18-24(30(7,8)9)20-26(28)32(13,14)15;1-5-14-24(15-6-1)30-34(31-25-16-7-2-8-17-25)28-22-13-23-29-35(32-26-18-9-3-10-19-26)33-27-20-11-4-12-21-27;1-20(2)17-22-18-21(13-14-24(27)29-7)19-23(26(3,4)5)25(22)31-32(8)30-16-12-10-9-11-15-28-6/h17-20H,16H2,1-15H3;1-12,14-21H,13,22-23H2;18-20H,9-17H2,1-8H3. The predicted molar refractivity (Wildman–Crippen MR) is 429 cm³/mol. The van der Waals surface area contributed by atoms with Crippen LogP contribution in [0, 0.1) is 19.8 Å². The molecule has 0 amide bonds. The van der Waals surface area contributed by atoms with E-state index in [1.807, 2.05) is 135 Å². The van der Waals surface area contributed by atoms with Gasteiger partial charge in [-0.05, 0) is 168 Å². The van der Waals surface area contributed by atoms with E-state index in [1.165, 1.54) is 46.9 Å². The molecule has 566 valence electrons. The number of ether oxygens (including phenoxy) is 2. The van der Waals surface area contributed by atoms with Gasteiger partial charge in [0, 0.05) is 43.5 Å². The average molecular weight is 1490 g/mol. The quantitative estimate of drug-likeness (QED) is 0.0212. The molecule has 0 fully saturated rings. The van der Waals surface area contributed by atoms with E-state index in [0.717, 1.165) is 72.8 Å². The molecule has 7 aromatic carbocycles. The van der Waals surface area contributed by atoms with Crippen LogP contribution in [0.2, 0.25) is 0 Å². The van der Waals surface area contributed by atoms with Gasteiger partial charge < -0.3 is 45.7 Å². The molecule has 0 aliphatic rings. The molecule has 0 saturated carbocycles. The summed E-state index contributed by atoms with van der Waals surface area (Å²) in [5.74, 6) is 5.75. The average Bonchev–Trinajstić information content (AvgIpc) is 0.791. The Hall–Kier alpha value is -5.87. The zero-order valence-electron chi connectivity index (χ0n) is 66.3. The minimum Gasteiger partial charge on any atom is -0.469 e. The molecule has 0 aliphatic carbocycles. The monoisotopic (exact) mass is 1490 g/mol. The fraction of sp³-hybridized carbons (Fsp3) is 0.494. The number of hydrogen-bond donors (Lipinski definition) is 0. The summed E-state index contributed by atoms with van der Waals surface area (Å²) in [7, 11) is -2.76. The number of methoxy groups -OCH3 is 2. The van der Waals surface area contributed by atoms with Crippen LogP contribution in [0.5, 0.6) is 40.2 Å². The van der Waals surface area contributed by atoms with E-state index in [4.69, 9.17) is 59.2 Å². The molecular formula is C85H122O14P4. The Morgan fingerprint density at radius 1 is 0.408 bits per heavy atom. The SMILES string of the molecule is CCOP(Oc1c(C)cc(C(C)(C)C)cc1C(C)(C)C)Oc1c(C)cc(C(C)(C)C)cc1C(C)(C)C.COCCCCCCOP(C)Oc1c(CC(C)C)cc(CCC(=O)OC)cc1C(C)(C)C.c1ccc(OP(OCCCOP(Oc2ccccc2)Oc2ccccc2)Oc2ccccc2)cc1. The summed E-state index contributed by atoms with van der Waals surface area (Å²) in [5, 5.41) is 0. The molecule has 0 saturated heterocycles. The first-order valence-electron chi connectivity index (χ1n) is 36.2. The van der Waals surface area contributed by atoms with Gasteiger partial charge in [0.25, 0.3) is 0 Å². The number of esters is 1. The third-order valence-corrected chi connectivity index (χ3v) is 20.4. The molecule has 0 bridgehead atoms. The van der Waals surface area contributed by atoms with Gasteiger partial charge in [0.05, 0.1) is 33.5 Å². The Morgan fingerprint density at radius 2 is 0.777 bits per heavy atom. The lowest BCUT2D eigenvalue weighted by Crippen LogP contribution is -2.19. The Bertz CT molecular complexity index is 3310. The van der Waals surface area contributed by atoms with Crippen LogP contribution in [-0.2, 0) is 72.3 Å². The first-order chi connectivity index (χ1) is 48.6. The van der Waals surface area contributed by atoms with Gasteiger partial charge in [-0.1, -0.05) is 240 Å². The summed E-state index contributed by atoms with van der Waals surface area (Å²) < 4.78 is 77.5. The molecule has 1 unspecified atom stereocenters. The van der Waals surface area contributed by atoms with Gasteiger partial charge in [0.2, 0.25) is 8.38 Å². The van der Waals surface area contributed by atoms with Crippen LogP contribution in [0.4, 0.5) is 0 Å². The van der Waals surface area contributed by atoms with Gasteiger partial charge in [0.15, 0.2) is 0 Å². The van der Waals surface area contributed by atoms with Gasteiger partial charge in [0.1, 0.15) is 40.2 Å². The summed E-state index contributed by atoms with van der Waals surface area (Å²) in [5.41, 5.74) is 10.6. The first-order valence-corrected chi connectivity index (χ1v) is 41.2. The lowest BCUT2D eigenvalue weighted by Gasteiger charge is -2.31. The minimum absolute atomic E-state index is 0.0535. The molecule has 103 heavy (non-hydrogen) atoms. The third kappa shape index (κ3) is 32.0. The van der Waals surface area contributed by atoms with Crippen molar-refractivity contribution in [1.82, 2.24) is 0 Å². The lowest BCUT2D eigenvalue weighted by molar-refractivity contribution is -0.140. The van der Waals surface area contributed by atoms with E-state index in [0.29, 0.717) is 68.0 Å². The van der Waals surface area contributed by atoms with E-state index < -0.39 is 34.2 Å². The van der Waals surface area contributed by atoms with Crippen molar-refractivity contribution in [2.24, 2.45) is 5.92 Å². The lowest BCUT2D eigenvalue weighted by atomic mass is 9.79. The molecule has 0 heterocycles. The van der Waals surface area contributed by atoms with Gasteiger partial charge in [-0.25, -0.2) is 0 Å². The van der Waals surface area contributed by atoms with Crippen molar-refractivity contribution in [3.63, 3.8) is 0 Å². The molecule has 0 aliphatic heterocycles. The summed E-state index contributed by atoms with van der Waals surface area (Å²) in [6.45, 7) is 49.1. The highest BCUT2D eigenvalue weighted by molar-refractivity contribution is 7.46. The Morgan fingerprint density at radius 3 is 1.13 bits per heavy atom. The van der Waals surface area contributed by atoms with Crippen molar-refractivity contribution in [3.05, 3.63) is 208 Å². The Balaban J connectivity index is 0.000000279. The van der Waals surface area contributed by atoms with E-state index in [-0.39, 0.29) is 33.0 Å². The van der Waals surface area contributed by atoms with Crippen molar-refractivity contribution in [3.8, 4) is 40.2 Å². The number of para-hydroxylation sites is 4. The molecule has 18 heteroatoms. The highest BCUT2D eigenvalue weighted by Crippen LogP contribution is 2.51. The van der Waals surface area contributed by atoms with Crippen LogP contribution < -0.4 is 31.7 Å². The van der Waals surface area contributed by atoms with Gasteiger partial charge in [-0.3, -0.25) is 18.4 Å². The summed E-state index contributed by atoms with van der Waals surface area (Å²) >= 11 is 0. The van der Waals surface area contributed by atoms with Crippen LogP contribution >= 0.6 is 34.2 Å². The summed E-state index contributed by atoms with van der Waals surface area (Å²) in [6, 6.07) is 51.4. The topological polar surface area (TPSA) is 137 Å². The number of rotatable bonds is 35. The summed E-state index contributed by atoms with van der Waals surface area (Å²) in [6.07, 6.45) is 7.03. The van der Waals surface area contributed by atoms with Crippen LogP contribution in [0.3, 0.4) is 0 Å². The van der Waals surface area contributed by atoms with Gasteiger partial charge in [-0.15, -0.1) is 0 Å². The van der Waals surface area contributed by atoms with Crippen LogP contribution in [0.25, 0.3) is 0 Å². The van der Waals surface area contributed by atoms with Gasteiger partial charge >= 0.3 is 31.8 Å². The Kier molecular flexibility index (Phi) is 36.7. The number of unbranched alkanes of at least 4 members (excludes halogenated alkanes) is 3. The number of hydrogen-bond acceptors (Lipinski definition) is 14. The highest BCUT2D eigenvalue weighted by Gasteiger charge is 2.33. The first kappa shape index (κ1) is 87.8. The zero-order valence-corrected chi connectivity index (χ0v) is 69.9. The van der Waals surface area contributed by atoms with Gasteiger partial charge in [-0.2, -0.15) is 0 Å². The largest absolute Gasteiger partial charge is 0.469 e. The molecule has 7 aromatic rings. The maximum absolute atomic E-state index is 11.7. The van der Waals surface area contributed by atoms with Crippen molar-refractivity contribution < 1.29 is 64.0 Å². The number of carbonyl (C=O) groups is 1. The van der Waals surface area contributed by atoms with Crippen molar-refractivity contribution in [1.29, 1.82) is 0 Å². The number of benzene rings is 7. The second-order valence-corrected chi connectivity index (χ2v) is 35.6. The van der Waals surface area contributed by atoms with E-state index in [2.05, 4.69) is 168 Å². The minimum atomic E-state index is -1.65. The molecule has 14 nitrogen and oxygen atoms in total. The fourth-order valence-electron chi connectivity index (χ4n) is 10.4. The van der Waals surface area contributed by atoms with Crippen molar-refractivity contribution in [2.75, 3.05) is 53.9 Å². The highest BCUT2D eigenvalue weighted by atomic mass is 31.2. The van der Waals surface area contributed by atoms with E-state index >= 15 is 0 Å². The predicted octanol–water partition coefficient (Wildman–Crippen LogP) is 25.2. The molecule has 0 aromatic heterocycles. The third-order valence-electron chi connectivity index (χ3n) is 16.1. The molecule has 0 spiro atoms. The number of carbonyl (C=O) groups excluding carboxylic acids is 1. The molecule has 0 N–H and O–H groups in total. The van der Waals surface area contributed by atoms with Crippen LogP contribution in [0.15, 0.2) is 158 Å². The zero-order chi connectivity index (χ0) is 76.0. The maximum Gasteiger partial charge on any atom is 0.463 e. The van der Waals surface area contributed by atoms with E-state index in [9.17, 15) is 4.79 Å². The van der Waals surface area contributed by atoms with Crippen molar-refractivity contribution >= 4 is 40.2 Å². The van der Waals surface area contributed by atoms with E-state index in [1.54, 1.807) is 7.11 Å². The van der Waals surface area contributed by atoms with Crippen LogP contribution in [0.1, 0.15) is 213 Å². The molecular weight excluding hydrogens is 1370 g/mol. The smallest absolute Gasteiger partial charge is 0.463 e. The Labute approximate surface area is 625 Å². The number of aryl methyl sites for hydroxylation is 3. The molecule has 1 atom stereocenters. The normalized spacial score (nSPS) is 12.3. The maximum atomic E-state index is 11.7.